The summed E-state index contributed by atoms with van der Waals surface area (Å²) in [7, 11) is 0. The lowest BCUT2D eigenvalue weighted by Gasteiger charge is -2.27. The molecule has 2 aromatic rings. The van der Waals surface area contributed by atoms with Crippen molar-refractivity contribution >= 4 is 28.5 Å². The largest absolute Gasteiger partial charge is 0.328 e. The van der Waals surface area contributed by atoms with E-state index in [0.717, 1.165) is 19.3 Å². The maximum Gasteiger partial charge on any atom is 0.245 e. The van der Waals surface area contributed by atoms with Crippen molar-refractivity contribution < 1.29 is 14.4 Å². The molecule has 3 heterocycles. The summed E-state index contributed by atoms with van der Waals surface area (Å²) in [4.78, 5) is 44.2. The molecule has 0 spiro atoms. The van der Waals surface area contributed by atoms with E-state index in [1.807, 2.05) is 4.90 Å². The van der Waals surface area contributed by atoms with Gasteiger partial charge in [0.15, 0.2) is 17.2 Å². The lowest BCUT2D eigenvalue weighted by Crippen LogP contribution is -2.45. The van der Waals surface area contributed by atoms with Crippen molar-refractivity contribution in [3.63, 3.8) is 0 Å². The van der Waals surface area contributed by atoms with Gasteiger partial charge in [-0.15, -0.1) is 0 Å². The van der Waals surface area contributed by atoms with E-state index in [-0.39, 0.29) is 41.5 Å². The van der Waals surface area contributed by atoms with Crippen molar-refractivity contribution in [1.82, 2.24) is 19.7 Å². The average molecular weight is 394 g/mol. The highest BCUT2D eigenvalue weighted by molar-refractivity contribution is 6.04. The van der Waals surface area contributed by atoms with E-state index >= 15 is 0 Å². The van der Waals surface area contributed by atoms with Crippen LogP contribution in [0, 0.1) is 17.3 Å². The molecule has 1 saturated heterocycles. The summed E-state index contributed by atoms with van der Waals surface area (Å²) in [5.41, 5.74) is 1.12. The van der Waals surface area contributed by atoms with Gasteiger partial charge in [0.25, 0.3) is 0 Å². The van der Waals surface area contributed by atoms with Gasteiger partial charge < -0.3 is 4.90 Å². The zero-order valence-corrected chi connectivity index (χ0v) is 17.1. The molecular weight excluding hydrogens is 368 g/mol. The Morgan fingerprint density at radius 3 is 2.69 bits per heavy atom. The molecule has 0 N–H and O–H groups in total. The number of ketones is 2. The second-order valence-electron chi connectivity index (χ2n) is 9.61. The third-order valence-electron chi connectivity index (χ3n) is 7.05. The molecule has 2 saturated carbocycles. The molecule has 1 aliphatic heterocycles. The summed E-state index contributed by atoms with van der Waals surface area (Å²) in [6.07, 6.45) is 5.07. The van der Waals surface area contributed by atoms with Gasteiger partial charge in [-0.25, -0.2) is 9.67 Å². The Morgan fingerprint density at radius 1 is 1.24 bits per heavy atom. The number of fused-ring (bicyclic) bond motifs is 2. The zero-order chi connectivity index (χ0) is 20.5. The number of carbonyl (C=O) groups excluding carboxylic acids is 3. The van der Waals surface area contributed by atoms with E-state index in [9.17, 15) is 14.4 Å². The number of hydrogen-bond acceptors (Lipinski definition) is 5. The number of piperidine rings is 1. The summed E-state index contributed by atoms with van der Waals surface area (Å²) in [5.74, 6) is 0.849. The SMILES string of the molecule is CC(=O)c1nn(CC(=O)N2[C@@H]3C[C@@H]3C[C@H]2C(=O)CC2CC2(C)C)c2ncccc12. The Bertz CT molecular complexity index is 1040. The van der Waals surface area contributed by atoms with Crippen LogP contribution in [0.4, 0.5) is 0 Å². The molecular formula is C22H26N4O3. The fourth-order valence-corrected chi connectivity index (χ4v) is 5.00. The Balaban J connectivity index is 1.37. The molecule has 29 heavy (non-hydrogen) atoms. The van der Waals surface area contributed by atoms with Crippen LogP contribution in [0.15, 0.2) is 18.3 Å². The first kappa shape index (κ1) is 18.5. The Labute approximate surface area is 169 Å². The second-order valence-corrected chi connectivity index (χ2v) is 9.61. The molecule has 0 aromatic carbocycles. The van der Waals surface area contributed by atoms with Crippen molar-refractivity contribution in [1.29, 1.82) is 0 Å². The first-order valence-corrected chi connectivity index (χ1v) is 10.4. The average Bonchev–Trinajstić information content (AvgIpc) is 3.44. The van der Waals surface area contributed by atoms with Gasteiger partial charge in [-0.2, -0.15) is 5.10 Å². The van der Waals surface area contributed by atoms with E-state index in [0.29, 0.717) is 35.0 Å². The van der Waals surface area contributed by atoms with Crippen LogP contribution in [0.5, 0.6) is 0 Å². The Hall–Kier alpha value is -2.57. The van der Waals surface area contributed by atoms with Gasteiger partial charge in [-0.05, 0) is 48.6 Å². The zero-order valence-electron chi connectivity index (χ0n) is 17.1. The minimum atomic E-state index is -0.301. The second kappa shape index (κ2) is 6.21. The Morgan fingerprint density at radius 2 is 2.00 bits per heavy atom. The maximum atomic E-state index is 13.2. The molecule has 3 aliphatic rings. The molecule has 0 bridgehead atoms. The van der Waals surface area contributed by atoms with Crippen LogP contribution in [0.1, 0.15) is 56.9 Å². The predicted octanol–water partition coefficient (Wildman–Crippen LogP) is 2.63. The van der Waals surface area contributed by atoms with Crippen molar-refractivity contribution in [2.24, 2.45) is 17.3 Å². The molecule has 3 fully saturated rings. The van der Waals surface area contributed by atoms with E-state index in [4.69, 9.17) is 0 Å². The quantitative estimate of drug-likeness (QED) is 0.703. The predicted molar refractivity (Wildman–Crippen MR) is 106 cm³/mol. The molecule has 4 atom stereocenters. The summed E-state index contributed by atoms with van der Waals surface area (Å²) in [6.45, 7) is 5.86. The first-order chi connectivity index (χ1) is 13.8. The molecule has 7 nitrogen and oxygen atoms in total. The van der Waals surface area contributed by atoms with E-state index in [1.54, 1.807) is 18.3 Å². The summed E-state index contributed by atoms with van der Waals surface area (Å²) in [5, 5.41) is 5.01. The number of pyridine rings is 1. The van der Waals surface area contributed by atoms with Crippen LogP contribution in [0.2, 0.25) is 0 Å². The van der Waals surface area contributed by atoms with Crippen LogP contribution >= 0.6 is 0 Å². The third-order valence-corrected chi connectivity index (χ3v) is 7.05. The number of likely N-dealkylation sites (tertiary alicyclic amines) is 1. The minimum Gasteiger partial charge on any atom is -0.328 e. The number of aromatic nitrogens is 3. The van der Waals surface area contributed by atoms with Crippen LogP contribution in [-0.4, -0.2) is 49.2 Å². The third kappa shape index (κ3) is 3.07. The molecule has 5 rings (SSSR count). The number of nitrogens with zero attached hydrogens (tertiary/aromatic N) is 4. The van der Waals surface area contributed by atoms with Gasteiger partial charge in [-0.1, -0.05) is 13.8 Å². The number of amides is 1. The standard InChI is InChI=1S/C22H26N4O3/c1-12(27)20-15-5-4-6-23-21(15)25(24-20)11-19(29)26-16-7-13(16)8-17(26)18(28)9-14-10-22(14,2)3/h4-6,13-14,16-17H,7-11H2,1-3H3/t13-,14?,16-,17+/m1/s1. The van der Waals surface area contributed by atoms with E-state index < -0.39 is 0 Å². The monoisotopic (exact) mass is 394 g/mol. The molecule has 7 heteroatoms. The molecule has 1 unspecified atom stereocenters. The van der Waals surface area contributed by atoms with Crippen LogP contribution in [0.3, 0.4) is 0 Å². The molecule has 1 amide bonds. The van der Waals surface area contributed by atoms with Crippen LogP contribution in [-0.2, 0) is 16.1 Å². The lowest BCUT2D eigenvalue weighted by atomic mass is 9.99. The first-order valence-electron chi connectivity index (χ1n) is 10.4. The normalized spacial score (nSPS) is 29.0. The van der Waals surface area contributed by atoms with E-state index in [1.165, 1.54) is 11.6 Å². The van der Waals surface area contributed by atoms with Gasteiger partial charge >= 0.3 is 0 Å². The highest BCUT2D eigenvalue weighted by atomic mass is 16.2. The minimum absolute atomic E-state index is 0.00269. The van der Waals surface area contributed by atoms with Crippen molar-refractivity contribution in [2.75, 3.05) is 0 Å². The molecule has 0 radical (unpaired) electrons. The molecule has 152 valence electrons. The molecule has 2 aromatic heterocycles. The van der Waals surface area contributed by atoms with E-state index in [2.05, 4.69) is 23.9 Å². The van der Waals surface area contributed by atoms with Crippen molar-refractivity contribution in [3.05, 3.63) is 24.0 Å². The maximum absolute atomic E-state index is 13.2. The summed E-state index contributed by atoms with van der Waals surface area (Å²) in [6, 6.07) is 3.44. The topological polar surface area (TPSA) is 85.2 Å². The summed E-state index contributed by atoms with van der Waals surface area (Å²) < 4.78 is 1.51. The lowest BCUT2D eigenvalue weighted by molar-refractivity contribution is -0.139. The van der Waals surface area contributed by atoms with Gasteiger partial charge in [0, 0.05) is 25.6 Å². The van der Waals surface area contributed by atoms with Gasteiger partial charge in [0.05, 0.1) is 11.4 Å². The fraction of sp³-hybridized carbons (Fsp3) is 0.591. The van der Waals surface area contributed by atoms with Gasteiger partial charge in [0.1, 0.15) is 12.2 Å². The number of hydrogen-bond donors (Lipinski definition) is 0. The summed E-state index contributed by atoms with van der Waals surface area (Å²) >= 11 is 0. The van der Waals surface area contributed by atoms with Crippen molar-refractivity contribution in [2.45, 2.75) is 65.1 Å². The van der Waals surface area contributed by atoms with Crippen molar-refractivity contribution in [3.8, 4) is 0 Å². The van der Waals surface area contributed by atoms with Gasteiger partial charge in [0.2, 0.25) is 5.91 Å². The van der Waals surface area contributed by atoms with Gasteiger partial charge in [-0.3, -0.25) is 14.4 Å². The fourth-order valence-electron chi connectivity index (χ4n) is 5.00. The smallest absolute Gasteiger partial charge is 0.245 e. The highest BCUT2D eigenvalue weighted by Crippen LogP contribution is 2.55. The van der Waals surface area contributed by atoms with Crippen LogP contribution in [0.25, 0.3) is 11.0 Å². The number of Topliss-reactive ketones (excluding diaryl/α,β-unsaturated/α-hetero) is 2. The molecule has 2 aliphatic carbocycles. The Kier molecular flexibility index (Phi) is 3.95. The number of carbonyl (C=O) groups is 3. The number of rotatable bonds is 6. The van der Waals surface area contributed by atoms with Crippen LogP contribution < -0.4 is 0 Å². The highest BCUT2D eigenvalue weighted by Gasteiger charge is 2.57.